The van der Waals surface area contributed by atoms with Crippen LogP contribution in [0.5, 0.6) is 0 Å². The van der Waals surface area contributed by atoms with Crippen LogP contribution in [0.25, 0.3) is 21.8 Å². The summed E-state index contributed by atoms with van der Waals surface area (Å²) in [5.41, 5.74) is 2.02. The number of carbonyl (C=O) groups is 1. The lowest BCUT2D eigenvalue weighted by atomic mass is 10.1. The van der Waals surface area contributed by atoms with E-state index in [1.54, 1.807) is 26.8 Å². The minimum absolute atomic E-state index is 0.233. The van der Waals surface area contributed by atoms with Crippen molar-refractivity contribution >= 4 is 35.5 Å². The molecule has 1 aromatic carbocycles. The summed E-state index contributed by atoms with van der Waals surface area (Å²) in [6.07, 6.45) is -0.621. The van der Waals surface area contributed by atoms with Crippen LogP contribution in [0, 0.1) is 16.0 Å². The first-order valence-electron chi connectivity index (χ1n) is 8.45. The second kappa shape index (κ2) is 7.92. The molecule has 0 aliphatic heterocycles. The first-order valence-corrected chi connectivity index (χ1v) is 9.74. The van der Waals surface area contributed by atoms with Crippen LogP contribution < -0.4 is 5.32 Å². The molecule has 28 heavy (non-hydrogen) atoms. The van der Waals surface area contributed by atoms with Crippen LogP contribution in [0.1, 0.15) is 26.3 Å². The fourth-order valence-corrected chi connectivity index (χ4v) is 3.48. The van der Waals surface area contributed by atoms with Gasteiger partial charge in [-0.25, -0.2) is 9.78 Å². The number of anilines is 1. The number of benzene rings is 1. The van der Waals surface area contributed by atoms with Crippen molar-refractivity contribution in [1.82, 2.24) is 9.97 Å². The van der Waals surface area contributed by atoms with Crippen molar-refractivity contribution in [2.75, 3.05) is 5.32 Å². The lowest BCUT2D eigenvalue weighted by Crippen LogP contribution is -2.27. The van der Waals surface area contributed by atoms with Crippen molar-refractivity contribution in [3.63, 3.8) is 0 Å². The molecule has 0 spiro atoms. The molecule has 0 saturated carbocycles. The lowest BCUT2D eigenvalue weighted by molar-refractivity contribution is 0.0635. The number of amides is 1. The minimum Gasteiger partial charge on any atom is -0.444 e. The molecule has 0 aliphatic rings. The predicted molar refractivity (Wildman–Crippen MR) is 113 cm³/mol. The molecule has 0 atom stereocenters. The quantitative estimate of drug-likeness (QED) is 0.536. The molecule has 0 aliphatic carbocycles. The molecule has 0 saturated heterocycles. The molecule has 3 aromatic rings. The Labute approximate surface area is 171 Å². The van der Waals surface area contributed by atoms with E-state index in [1.165, 1.54) is 11.3 Å². The van der Waals surface area contributed by atoms with Crippen LogP contribution in [-0.4, -0.2) is 21.7 Å². The van der Waals surface area contributed by atoms with E-state index in [4.69, 9.17) is 17.0 Å². The SMILES string of the molecule is CC(C)(C)OC(=O)Nc1[nH]c(=S)c(C#N)cc1-c1nc(-c2ccccc2)cs1. The molecule has 2 heterocycles. The average molecular weight is 411 g/mol. The molecule has 1 amide bonds. The monoisotopic (exact) mass is 410 g/mol. The van der Waals surface area contributed by atoms with Crippen LogP contribution in [-0.2, 0) is 4.74 Å². The molecule has 8 heteroatoms. The van der Waals surface area contributed by atoms with Gasteiger partial charge in [0, 0.05) is 10.9 Å². The van der Waals surface area contributed by atoms with Gasteiger partial charge in [-0.1, -0.05) is 42.5 Å². The Kier molecular flexibility index (Phi) is 5.58. The normalized spacial score (nSPS) is 10.9. The van der Waals surface area contributed by atoms with Crippen molar-refractivity contribution in [2.45, 2.75) is 26.4 Å². The van der Waals surface area contributed by atoms with E-state index in [1.807, 2.05) is 35.7 Å². The molecular formula is C20H18N4O2S2. The van der Waals surface area contributed by atoms with Gasteiger partial charge < -0.3 is 9.72 Å². The van der Waals surface area contributed by atoms with E-state index >= 15 is 0 Å². The maximum atomic E-state index is 12.2. The fraction of sp³-hybridized carbons (Fsp3) is 0.200. The third kappa shape index (κ3) is 4.63. The number of hydrogen-bond acceptors (Lipinski definition) is 6. The number of pyridine rings is 1. The highest BCUT2D eigenvalue weighted by Crippen LogP contribution is 2.33. The highest BCUT2D eigenvalue weighted by Gasteiger charge is 2.20. The van der Waals surface area contributed by atoms with Crippen molar-refractivity contribution in [2.24, 2.45) is 0 Å². The van der Waals surface area contributed by atoms with E-state index in [-0.39, 0.29) is 4.64 Å². The molecule has 6 nitrogen and oxygen atoms in total. The summed E-state index contributed by atoms with van der Waals surface area (Å²) in [5.74, 6) is 0.340. The third-order valence-corrected chi connectivity index (χ3v) is 4.79. The Bertz CT molecular complexity index is 1110. The number of H-pyrrole nitrogens is 1. The summed E-state index contributed by atoms with van der Waals surface area (Å²) >= 11 is 6.62. The van der Waals surface area contributed by atoms with Crippen LogP contribution in [0.3, 0.4) is 0 Å². The van der Waals surface area contributed by atoms with E-state index in [0.717, 1.165) is 11.3 Å². The Morgan fingerprint density at radius 1 is 1.32 bits per heavy atom. The Morgan fingerprint density at radius 2 is 2.04 bits per heavy atom. The van der Waals surface area contributed by atoms with E-state index in [0.29, 0.717) is 22.0 Å². The van der Waals surface area contributed by atoms with Crippen molar-refractivity contribution in [3.8, 4) is 27.9 Å². The second-order valence-corrected chi connectivity index (χ2v) is 8.21. The number of hydrogen-bond donors (Lipinski definition) is 2. The van der Waals surface area contributed by atoms with Gasteiger partial charge in [0.1, 0.15) is 27.1 Å². The van der Waals surface area contributed by atoms with Gasteiger partial charge in [0.2, 0.25) is 0 Å². The first kappa shape index (κ1) is 19.7. The maximum absolute atomic E-state index is 12.2. The maximum Gasteiger partial charge on any atom is 0.413 e. The third-order valence-electron chi connectivity index (χ3n) is 3.59. The Hall–Kier alpha value is -3.02. The molecule has 2 aromatic heterocycles. The van der Waals surface area contributed by atoms with Crippen molar-refractivity contribution < 1.29 is 9.53 Å². The van der Waals surface area contributed by atoms with Crippen molar-refractivity contribution in [1.29, 1.82) is 5.26 Å². The summed E-state index contributed by atoms with van der Waals surface area (Å²) in [6.45, 7) is 5.34. The van der Waals surface area contributed by atoms with E-state index < -0.39 is 11.7 Å². The van der Waals surface area contributed by atoms with Gasteiger partial charge in [-0.2, -0.15) is 5.26 Å². The van der Waals surface area contributed by atoms with Gasteiger partial charge in [0.25, 0.3) is 0 Å². The molecule has 2 N–H and O–H groups in total. The molecule has 0 bridgehead atoms. The summed E-state index contributed by atoms with van der Waals surface area (Å²) < 4.78 is 5.55. The van der Waals surface area contributed by atoms with E-state index in [2.05, 4.69) is 21.4 Å². The zero-order chi connectivity index (χ0) is 20.3. The number of thiazole rings is 1. The molecular weight excluding hydrogens is 392 g/mol. The molecule has 0 radical (unpaired) electrons. The zero-order valence-corrected chi connectivity index (χ0v) is 17.2. The Morgan fingerprint density at radius 3 is 2.68 bits per heavy atom. The summed E-state index contributed by atoms with van der Waals surface area (Å²) in [7, 11) is 0. The molecule has 0 fully saturated rings. The molecule has 3 rings (SSSR count). The number of ether oxygens (including phenoxy) is 1. The largest absolute Gasteiger partial charge is 0.444 e. The number of nitrogens with one attached hydrogen (secondary N) is 2. The van der Waals surface area contributed by atoms with Gasteiger partial charge in [0.15, 0.2) is 0 Å². The highest BCUT2D eigenvalue weighted by atomic mass is 32.1. The fourth-order valence-electron chi connectivity index (χ4n) is 2.43. The van der Waals surface area contributed by atoms with Gasteiger partial charge in [-0.15, -0.1) is 11.3 Å². The highest BCUT2D eigenvalue weighted by molar-refractivity contribution is 7.71. The number of carbonyl (C=O) groups excluding carboxylic acids is 1. The number of aromatic amines is 1. The molecule has 142 valence electrons. The minimum atomic E-state index is -0.644. The number of aromatic nitrogens is 2. The van der Waals surface area contributed by atoms with Gasteiger partial charge in [-0.3, -0.25) is 5.32 Å². The summed E-state index contributed by atoms with van der Waals surface area (Å²) in [6, 6.07) is 13.4. The van der Waals surface area contributed by atoms with Gasteiger partial charge in [-0.05, 0) is 26.8 Å². The standard InChI is InChI=1S/C20H18N4O2S2/c1-20(2,3)26-19(25)24-16-14(9-13(10-21)17(27)23-16)18-22-15(11-28-18)12-7-5-4-6-8-12/h4-9,11H,1-3H3,(H2,23,24,25,27). The Balaban J connectivity index is 2.02. The number of rotatable bonds is 3. The number of nitrogens with zero attached hydrogens (tertiary/aromatic N) is 2. The van der Waals surface area contributed by atoms with Crippen LogP contribution in [0.2, 0.25) is 0 Å². The first-order chi connectivity index (χ1) is 13.3. The topological polar surface area (TPSA) is 90.8 Å². The van der Waals surface area contributed by atoms with Gasteiger partial charge >= 0.3 is 6.09 Å². The van der Waals surface area contributed by atoms with Crippen LogP contribution in [0.15, 0.2) is 41.8 Å². The van der Waals surface area contributed by atoms with E-state index in [9.17, 15) is 10.1 Å². The number of nitriles is 1. The lowest BCUT2D eigenvalue weighted by Gasteiger charge is -2.20. The summed E-state index contributed by atoms with van der Waals surface area (Å²) in [4.78, 5) is 19.8. The summed E-state index contributed by atoms with van der Waals surface area (Å²) in [5, 5.41) is 14.6. The molecule has 0 unspecified atom stereocenters. The van der Waals surface area contributed by atoms with Crippen molar-refractivity contribution in [3.05, 3.63) is 52.0 Å². The second-order valence-electron chi connectivity index (χ2n) is 6.94. The predicted octanol–water partition coefficient (Wildman–Crippen LogP) is 5.75. The average Bonchev–Trinajstić information content (AvgIpc) is 3.11. The van der Waals surface area contributed by atoms with Crippen LogP contribution >= 0.6 is 23.6 Å². The smallest absolute Gasteiger partial charge is 0.413 e. The van der Waals surface area contributed by atoms with Gasteiger partial charge in [0.05, 0.1) is 16.8 Å². The van der Waals surface area contributed by atoms with Crippen LogP contribution in [0.4, 0.5) is 10.6 Å². The zero-order valence-electron chi connectivity index (χ0n) is 15.6.